The van der Waals surface area contributed by atoms with E-state index in [2.05, 4.69) is 4.98 Å². The highest BCUT2D eigenvalue weighted by Crippen LogP contribution is 2.17. The lowest BCUT2D eigenvalue weighted by Gasteiger charge is -2.27. The van der Waals surface area contributed by atoms with Crippen molar-refractivity contribution in [1.29, 1.82) is 0 Å². The fourth-order valence-corrected chi connectivity index (χ4v) is 1.22. The number of aromatic nitrogens is 2. The Morgan fingerprint density at radius 3 is 2.71 bits per heavy atom. The highest BCUT2D eigenvalue weighted by molar-refractivity contribution is 4.96. The van der Waals surface area contributed by atoms with Gasteiger partial charge in [-0.05, 0) is 13.3 Å². The fraction of sp³-hybridized carbons (Fsp3) is 0.700. The summed E-state index contributed by atoms with van der Waals surface area (Å²) in [5, 5.41) is 19.6. The van der Waals surface area contributed by atoms with E-state index in [9.17, 15) is 10.2 Å². The Bertz CT molecular complexity index is 294. The number of imidazole rings is 1. The predicted octanol–water partition coefficient (Wildman–Crippen LogP) is 0.484. The van der Waals surface area contributed by atoms with E-state index in [-0.39, 0.29) is 0 Å². The van der Waals surface area contributed by atoms with E-state index in [1.807, 2.05) is 24.7 Å². The Hall–Kier alpha value is -0.870. The molecule has 0 fully saturated rings. The van der Waals surface area contributed by atoms with E-state index in [1.165, 1.54) is 0 Å². The van der Waals surface area contributed by atoms with Gasteiger partial charge in [0.05, 0.1) is 11.7 Å². The summed E-state index contributed by atoms with van der Waals surface area (Å²) in [5.41, 5.74) is -1.04. The Kier molecular flexibility index (Phi) is 3.29. The summed E-state index contributed by atoms with van der Waals surface area (Å²) in [5.74, 6) is 0.784. The molecule has 2 N–H and O–H groups in total. The molecule has 0 bridgehead atoms. The minimum atomic E-state index is -1.04. The molecule has 4 nitrogen and oxygen atoms in total. The number of aliphatic hydroxyl groups excluding tert-OH is 1. The van der Waals surface area contributed by atoms with E-state index < -0.39 is 11.7 Å². The lowest BCUT2D eigenvalue weighted by Crippen LogP contribution is -2.40. The van der Waals surface area contributed by atoms with Crippen molar-refractivity contribution in [1.82, 2.24) is 9.55 Å². The Balaban J connectivity index is 2.66. The second-order valence-electron chi connectivity index (χ2n) is 3.89. The molecule has 0 aliphatic rings. The molecule has 1 aromatic rings. The molecule has 0 saturated carbocycles. The average molecular weight is 198 g/mol. The summed E-state index contributed by atoms with van der Waals surface area (Å²) in [6.45, 7) is 3.49. The molecule has 80 valence electrons. The van der Waals surface area contributed by atoms with Gasteiger partial charge in [-0.3, -0.25) is 0 Å². The third-order valence-corrected chi connectivity index (χ3v) is 2.73. The first kappa shape index (κ1) is 11.2. The lowest BCUT2D eigenvalue weighted by molar-refractivity contribution is -0.0639. The number of aliphatic hydroxyl groups is 2. The number of nitrogens with zero attached hydrogens (tertiary/aromatic N) is 2. The van der Waals surface area contributed by atoms with E-state index in [1.54, 1.807) is 13.1 Å². The van der Waals surface area contributed by atoms with Crippen LogP contribution in [0.4, 0.5) is 0 Å². The summed E-state index contributed by atoms with van der Waals surface area (Å²) >= 11 is 0. The van der Waals surface area contributed by atoms with Crippen molar-refractivity contribution in [3.63, 3.8) is 0 Å². The van der Waals surface area contributed by atoms with Gasteiger partial charge in [0.15, 0.2) is 0 Å². The van der Waals surface area contributed by atoms with Gasteiger partial charge in [0.25, 0.3) is 0 Å². The van der Waals surface area contributed by atoms with Gasteiger partial charge in [0.2, 0.25) is 0 Å². The monoisotopic (exact) mass is 198 g/mol. The van der Waals surface area contributed by atoms with Gasteiger partial charge in [0.1, 0.15) is 5.82 Å². The fourth-order valence-electron chi connectivity index (χ4n) is 1.22. The third-order valence-electron chi connectivity index (χ3n) is 2.73. The molecule has 14 heavy (non-hydrogen) atoms. The zero-order valence-corrected chi connectivity index (χ0v) is 8.94. The van der Waals surface area contributed by atoms with Crippen LogP contribution in [0, 0.1) is 0 Å². The molecule has 1 aromatic heterocycles. The molecule has 2 atom stereocenters. The Morgan fingerprint density at radius 2 is 2.29 bits per heavy atom. The molecule has 2 unspecified atom stereocenters. The lowest BCUT2D eigenvalue weighted by atomic mass is 9.93. The molecular formula is C10H18N2O2. The molecule has 1 rings (SSSR count). The van der Waals surface area contributed by atoms with Gasteiger partial charge in [-0.25, -0.2) is 4.98 Å². The van der Waals surface area contributed by atoms with E-state index in [0.29, 0.717) is 12.8 Å². The number of rotatable bonds is 4. The van der Waals surface area contributed by atoms with Crippen LogP contribution in [0.1, 0.15) is 26.1 Å². The van der Waals surface area contributed by atoms with Crippen molar-refractivity contribution in [2.24, 2.45) is 7.05 Å². The van der Waals surface area contributed by atoms with Crippen LogP contribution in [-0.2, 0) is 13.5 Å². The van der Waals surface area contributed by atoms with Gasteiger partial charge >= 0.3 is 0 Å². The first-order chi connectivity index (χ1) is 6.47. The van der Waals surface area contributed by atoms with Crippen LogP contribution >= 0.6 is 0 Å². The quantitative estimate of drug-likeness (QED) is 0.740. The van der Waals surface area contributed by atoms with Crippen LogP contribution < -0.4 is 0 Å². The van der Waals surface area contributed by atoms with Crippen LogP contribution in [0.25, 0.3) is 0 Å². The number of hydrogen-bond donors (Lipinski definition) is 2. The van der Waals surface area contributed by atoms with Gasteiger partial charge in [-0.1, -0.05) is 6.92 Å². The van der Waals surface area contributed by atoms with Crippen molar-refractivity contribution >= 4 is 0 Å². The van der Waals surface area contributed by atoms with Crippen molar-refractivity contribution in [3.05, 3.63) is 18.2 Å². The smallest absolute Gasteiger partial charge is 0.111 e. The summed E-state index contributed by atoms with van der Waals surface area (Å²) in [4.78, 5) is 4.10. The second-order valence-corrected chi connectivity index (χ2v) is 3.89. The molecule has 0 aromatic carbocycles. The maximum atomic E-state index is 9.79. The van der Waals surface area contributed by atoms with Crippen molar-refractivity contribution in [2.45, 2.75) is 38.4 Å². The van der Waals surface area contributed by atoms with E-state index in [4.69, 9.17) is 0 Å². The minimum absolute atomic E-state index is 0.379. The first-order valence-electron chi connectivity index (χ1n) is 4.84. The predicted molar refractivity (Wildman–Crippen MR) is 53.8 cm³/mol. The molecule has 1 heterocycles. The zero-order valence-electron chi connectivity index (χ0n) is 8.94. The topological polar surface area (TPSA) is 58.3 Å². The first-order valence-corrected chi connectivity index (χ1v) is 4.84. The molecular weight excluding hydrogens is 180 g/mol. The standard InChI is InChI=1S/C10H18N2O2/c1-4-10(2,14)8(13)7-9-11-5-6-12(9)3/h5-6,8,13-14H,4,7H2,1-3H3. The molecule has 0 radical (unpaired) electrons. The summed E-state index contributed by atoms with van der Waals surface area (Å²) in [6, 6.07) is 0. The van der Waals surface area contributed by atoms with Crippen molar-refractivity contribution in [3.8, 4) is 0 Å². The molecule has 4 heteroatoms. The highest BCUT2D eigenvalue weighted by atomic mass is 16.3. The Labute approximate surface area is 84.2 Å². The summed E-state index contributed by atoms with van der Waals surface area (Å²) in [6.07, 6.45) is 3.64. The average Bonchev–Trinajstić information content (AvgIpc) is 2.52. The van der Waals surface area contributed by atoms with Gasteiger partial charge < -0.3 is 14.8 Å². The maximum Gasteiger partial charge on any atom is 0.111 e. The summed E-state index contributed by atoms with van der Waals surface area (Å²) < 4.78 is 1.84. The highest BCUT2D eigenvalue weighted by Gasteiger charge is 2.29. The second kappa shape index (κ2) is 4.11. The maximum absolute atomic E-state index is 9.79. The van der Waals surface area contributed by atoms with Gasteiger partial charge in [0, 0.05) is 25.9 Å². The molecule has 0 aliphatic heterocycles. The van der Waals surface area contributed by atoms with Crippen LogP contribution in [0.2, 0.25) is 0 Å². The summed E-state index contributed by atoms with van der Waals surface area (Å²) in [7, 11) is 1.87. The number of aryl methyl sites for hydroxylation is 1. The molecule has 0 amide bonds. The molecule has 0 spiro atoms. The normalized spacial score (nSPS) is 17.8. The molecule has 0 saturated heterocycles. The SMILES string of the molecule is CCC(C)(O)C(O)Cc1nccn1C. The largest absolute Gasteiger partial charge is 0.390 e. The van der Waals surface area contributed by atoms with Gasteiger partial charge in [-0.15, -0.1) is 0 Å². The van der Waals surface area contributed by atoms with Crippen LogP contribution in [-0.4, -0.2) is 31.5 Å². The van der Waals surface area contributed by atoms with Crippen molar-refractivity contribution in [2.75, 3.05) is 0 Å². The van der Waals surface area contributed by atoms with Gasteiger partial charge in [-0.2, -0.15) is 0 Å². The molecule has 0 aliphatic carbocycles. The minimum Gasteiger partial charge on any atom is -0.390 e. The van der Waals surface area contributed by atoms with Crippen LogP contribution in [0.3, 0.4) is 0 Å². The van der Waals surface area contributed by atoms with Crippen molar-refractivity contribution < 1.29 is 10.2 Å². The zero-order chi connectivity index (χ0) is 10.8. The van der Waals surface area contributed by atoms with E-state index >= 15 is 0 Å². The Morgan fingerprint density at radius 1 is 1.64 bits per heavy atom. The van der Waals surface area contributed by atoms with Crippen LogP contribution in [0.5, 0.6) is 0 Å². The third kappa shape index (κ3) is 2.33. The number of hydrogen-bond acceptors (Lipinski definition) is 3. The van der Waals surface area contributed by atoms with Crippen LogP contribution in [0.15, 0.2) is 12.4 Å². The van der Waals surface area contributed by atoms with E-state index in [0.717, 1.165) is 5.82 Å².